The van der Waals surface area contributed by atoms with Crippen molar-refractivity contribution in [2.75, 3.05) is 23.0 Å². The fourth-order valence-electron chi connectivity index (χ4n) is 6.30. The van der Waals surface area contributed by atoms with Crippen LogP contribution in [0.25, 0.3) is 22.1 Å². The summed E-state index contributed by atoms with van der Waals surface area (Å²) in [4.78, 5) is 48.8. The van der Waals surface area contributed by atoms with E-state index < -0.39 is 5.91 Å². The quantitative estimate of drug-likeness (QED) is 0.0910. The molecule has 1 fully saturated rings. The summed E-state index contributed by atoms with van der Waals surface area (Å²) in [7, 11) is 0. The lowest BCUT2D eigenvalue weighted by molar-refractivity contribution is 0.0994. The Kier molecular flexibility index (Phi) is 9.43. The Morgan fingerprint density at radius 3 is 2.00 bits per heavy atom. The molecule has 0 bridgehead atoms. The number of amides is 3. The van der Waals surface area contributed by atoms with Crippen LogP contribution in [0, 0.1) is 19.8 Å². The maximum absolute atomic E-state index is 13.6. The van der Waals surface area contributed by atoms with Gasteiger partial charge in [-0.25, -0.2) is 9.97 Å². The Balaban J connectivity index is 1.23. The van der Waals surface area contributed by atoms with Gasteiger partial charge in [0.2, 0.25) is 17.8 Å². The topological polar surface area (TPSA) is 208 Å². The predicted molar refractivity (Wildman–Crippen MR) is 201 cm³/mol. The minimum atomic E-state index is -0.614. The van der Waals surface area contributed by atoms with E-state index in [0.29, 0.717) is 83.2 Å². The first kappa shape index (κ1) is 35.0. The van der Waals surface area contributed by atoms with Crippen LogP contribution in [0.4, 0.5) is 17.6 Å². The van der Waals surface area contributed by atoms with Gasteiger partial charge in [0.15, 0.2) is 0 Å². The SMILES string of the molecule is CCn1nc(C)cc1C(=O)Nc1nc2cc(N)ccc2n1CC=CCn1c(NC(=O)c2cc(C)nn2CC)nc2cc(C(N)=O)cc(OCC3CC3)c21. The van der Waals surface area contributed by atoms with E-state index in [9.17, 15) is 14.4 Å². The van der Waals surface area contributed by atoms with Crippen molar-refractivity contribution in [3.8, 4) is 5.75 Å². The minimum Gasteiger partial charge on any atom is -0.491 e. The van der Waals surface area contributed by atoms with Crippen molar-refractivity contribution in [3.05, 3.63) is 83.0 Å². The zero-order valence-electron chi connectivity index (χ0n) is 30.1. The number of hydrogen-bond donors (Lipinski definition) is 4. The number of carbonyl (C=O) groups is 3. The van der Waals surface area contributed by atoms with Crippen molar-refractivity contribution >= 4 is 57.4 Å². The molecule has 4 aromatic heterocycles. The van der Waals surface area contributed by atoms with Crippen LogP contribution in [0.2, 0.25) is 0 Å². The smallest absolute Gasteiger partial charge is 0.276 e. The number of hydrogen-bond acceptors (Lipinski definition) is 9. The second-order valence-electron chi connectivity index (χ2n) is 13.2. The van der Waals surface area contributed by atoms with Gasteiger partial charge in [0.1, 0.15) is 22.7 Å². The Hall–Kier alpha value is -6.45. The molecule has 0 radical (unpaired) electrons. The van der Waals surface area contributed by atoms with E-state index in [4.69, 9.17) is 26.2 Å². The molecule has 0 unspecified atom stereocenters. The van der Waals surface area contributed by atoms with Gasteiger partial charge in [-0.3, -0.25) is 34.4 Å². The molecule has 1 aliphatic rings. The predicted octanol–water partition coefficient (Wildman–Crippen LogP) is 4.67. The van der Waals surface area contributed by atoms with Crippen LogP contribution in [0.15, 0.2) is 54.6 Å². The number of allylic oxidation sites excluding steroid dienone is 2. The molecule has 2 aromatic carbocycles. The molecule has 0 spiro atoms. The van der Waals surface area contributed by atoms with Crippen molar-refractivity contribution in [2.45, 2.75) is 66.7 Å². The van der Waals surface area contributed by atoms with E-state index in [-0.39, 0.29) is 29.9 Å². The molecule has 53 heavy (non-hydrogen) atoms. The lowest BCUT2D eigenvalue weighted by Crippen LogP contribution is -2.20. The summed E-state index contributed by atoms with van der Waals surface area (Å²) in [5.41, 5.74) is 17.3. The molecule has 3 amide bonds. The summed E-state index contributed by atoms with van der Waals surface area (Å²) in [5, 5.41) is 14.7. The lowest BCUT2D eigenvalue weighted by atomic mass is 10.1. The van der Waals surface area contributed by atoms with Crippen molar-refractivity contribution in [1.82, 2.24) is 38.7 Å². The van der Waals surface area contributed by atoms with Crippen molar-refractivity contribution < 1.29 is 19.1 Å². The number of ether oxygens (including phenoxy) is 1. The molecule has 0 atom stereocenters. The van der Waals surface area contributed by atoms with Crippen LogP contribution in [0.1, 0.15) is 69.4 Å². The molecule has 7 rings (SSSR count). The van der Waals surface area contributed by atoms with Gasteiger partial charge < -0.3 is 25.3 Å². The van der Waals surface area contributed by atoms with Crippen molar-refractivity contribution in [1.29, 1.82) is 0 Å². The first-order valence-electron chi connectivity index (χ1n) is 17.6. The second kappa shape index (κ2) is 14.3. The minimum absolute atomic E-state index is 0.250. The van der Waals surface area contributed by atoms with Crippen molar-refractivity contribution in [3.63, 3.8) is 0 Å². The monoisotopic (exact) mass is 718 g/mol. The van der Waals surface area contributed by atoms with Gasteiger partial charge in [-0.05, 0) is 88.9 Å². The van der Waals surface area contributed by atoms with E-state index in [0.717, 1.165) is 24.1 Å². The van der Waals surface area contributed by atoms with Crippen LogP contribution in [0.3, 0.4) is 0 Å². The number of nitrogens with zero attached hydrogens (tertiary/aromatic N) is 8. The number of nitrogens with two attached hydrogens (primary N) is 2. The van der Waals surface area contributed by atoms with Gasteiger partial charge in [-0.1, -0.05) is 12.2 Å². The zero-order chi connectivity index (χ0) is 37.4. The van der Waals surface area contributed by atoms with E-state index in [1.54, 1.807) is 45.8 Å². The van der Waals surface area contributed by atoms with E-state index in [2.05, 4.69) is 20.8 Å². The summed E-state index contributed by atoms with van der Waals surface area (Å²) >= 11 is 0. The number of nitrogen functional groups attached to an aromatic ring is 1. The van der Waals surface area contributed by atoms with Crippen LogP contribution >= 0.6 is 0 Å². The molecule has 0 saturated heterocycles. The number of carbonyl (C=O) groups excluding carboxylic acids is 3. The van der Waals surface area contributed by atoms with Gasteiger partial charge in [0.25, 0.3) is 11.8 Å². The average molecular weight is 719 g/mol. The first-order valence-corrected chi connectivity index (χ1v) is 17.6. The molecule has 16 nitrogen and oxygen atoms in total. The highest BCUT2D eigenvalue weighted by atomic mass is 16.5. The molecule has 274 valence electrons. The number of fused-ring (bicyclic) bond motifs is 2. The van der Waals surface area contributed by atoms with E-state index in [1.807, 2.05) is 55.0 Å². The molecular formula is C37H42N12O4. The third-order valence-electron chi connectivity index (χ3n) is 9.10. The zero-order valence-corrected chi connectivity index (χ0v) is 30.1. The van der Waals surface area contributed by atoms with Crippen LogP contribution in [-0.2, 0) is 26.2 Å². The number of aryl methyl sites for hydroxylation is 4. The number of nitrogens with one attached hydrogen (secondary N) is 2. The Bertz CT molecular complexity index is 2410. The molecule has 16 heteroatoms. The summed E-state index contributed by atoms with van der Waals surface area (Å²) < 4.78 is 13.3. The Labute approximate surface area is 304 Å². The van der Waals surface area contributed by atoms with Gasteiger partial charge in [0, 0.05) is 37.4 Å². The maximum atomic E-state index is 13.6. The number of anilines is 3. The van der Waals surface area contributed by atoms with Gasteiger partial charge in [-0.2, -0.15) is 10.2 Å². The third-order valence-corrected chi connectivity index (χ3v) is 9.10. The highest BCUT2D eigenvalue weighted by molar-refractivity contribution is 6.04. The number of aromatic nitrogens is 8. The fourth-order valence-corrected chi connectivity index (χ4v) is 6.30. The lowest BCUT2D eigenvalue weighted by Gasteiger charge is -2.13. The Morgan fingerprint density at radius 1 is 0.830 bits per heavy atom. The Morgan fingerprint density at radius 2 is 1.42 bits per heavy atom. The number of rotatable bonds is 14. The van der Waals surface area contributed by atoms with Crippen molar-refractivity contribution in [2.24, 2.45) is 11.7 Å². The summed E-state index contributed by atoms with van der Waals surface area (Å²) in [5.74, 6) is 0.166. The van der Waals surface area contributed by atoms with Crippen LogP contribution < -0.4 is 26.8 Å². The van der Waals surface area contributed by atoms with Crippen LogP contribution in [0.5, 0.6) is 5.75 Å². The van der Waals surface area contributed by atoms with E-state index in [1.165, 1.54) is 0 Å². The van der Waals surface area contributed by atoms with Gasteiger partial charge in [-0.15, -0.1) is 0 Å². The molecule has 6 aromatic rings. The molecule has 1 saturated carbocycles. The highest BCUT2D eigenvalue weighted by Gasteiger charge is 2.25. The molecule has 6 N–H and O–H groups in total. The van der Waals surface area contributed by atoms with Gasteiger partial charge in [0.05, 0.1) is 34.5 Å². The molecule has 1 aliphatic carbocycles. The maximum Gasteiger partial charge on any atom is 0.276 e. The summed E-state index contributed by atoms with van der Waals surface area (Å²) in [6.07, 6.45) is 6.01. The fraction of sp³-hybridized carbons (Fsp3) is 0.324. The summed E-state index contributed by atoms with van der Waals surface area (Å²) in [6, 6.07) is 12.1. The standard InChI is InChI=1S/C37H42N12O4/c1-5-48-29(15-21(3)44-48)34(51)42-36-40-26-19-25(38)11-12-28(26)46(36)13-7-8-14-47-32-27(17-24(33(39)50)18-31(32)53-20-23-9-10-23)41-37(47)43-35(52)30-16-22(4)45-49(30)6-2/h7-8,11-12,15-19,23H,5-6,9-10,13-14,20,38H2,1-4H3,(H2,39,50)(H,40,42,51)(H,41,43,52). The largest absolute Gasteiger partial charge is 0.491 e. The van der Waals surface area contributed by atoms with E-state index >= 15 is 0 Å². The molecule has 0 aliphatic heterocycles. The number of primary amides is 1. The second-order valence-corrected chi connectivity index (χ2v) is 13.2. The third kappa shape index (κ3) is 7.20. The molecular weight excluding hydrogens is 676 g/mol. The molecule has 4 heterocycles. The van der Waals surface area contributed by atoms with Crippen LogP contribution in [-0.4, -0.2) is 63.0 Å². The summed E-state index contributed by atoms with van der Waals surface area (Å²) in [6.45, 7) is 9.64. The number of benzene rings is 2. The average Bonchev–Trinajstić information content (AvgIpc) is 3.41. The normalized spacial score (nSPS) is 13.0. The number of imidazole rings is 2. The first-order chi connectivity index (χ1) is 25.5. The van der Waals surface area contributed by atoms with Gasteiger partial charge >= 0.3 is 0 Å². The highest BCUT2D eigenvalue weighted by Crippen LogP contribution is 2.34.